The van der Waals surface area contributed by atoms with Gasteiger partial charge in [0.1, 0.15) is 5.76 Å². The zero-order valence-electron chi connectivity index (χ0n) is 14.5. The van der Waals surface area contributed by atoms with Crippen molar-refractivity contribution in [1.82, 2.24) is 15.2 Å². The molecule has 0 atom stereocenters. The number of oxazole rings is 1. The summed E-state index contributed by atoms with van der Waals surface area (Å²) < 4.78 is 5.72. The van der Waals surface area contributed by atoms with Crippen molar-refractivity contribution in [2.45, 2.75) is 20.3 Å². The molecule has 0 fully saturated rings. The molecule has 0 saturated heterocycles. The van der Waals surface area contributed by atoms with Gasteiger partial charge in [-0.15, -0.1) is 0 Å². The molecule has 130 valence electrons. The van der Waals surface area contributed by atoms with Gasteiger partial charge < -0.3 is 9.73 Å². The quantitative estimate of drug-likeness (QED) is 0.585. The van der Waals surface area contributed by atoms with E-state index < -0.39 is 0 Å². The monoisotopic (exact) mass is 346 g/mol. The molecule has 2 aromatic carbocycles. The molecule has 6 heteroatoms. The third kappa shape index (κ3) is 3.09. The lowest BCUT2D eigenvalue weighted by atomic mass is 10.1. The number of aryl methyl sites for hydroxylation is 2. The number of hydrogen-bond donors (Lipinski definition) is 2. The number of nitrogens with zero attached hydrogens (tertiary/aromatic N) is 2. The van der Waals surface area contributed by atoms with Crippen molar-refractivity contribution in [2.24, 2.45) is 0 Å². The fraction of sp³-hybridized carbons (Fsp3) is 0.150. The van der Waals surface area contributed by atoms with Gasteiger partial charge in [0.25, 0.3) is 0 Å². The number of carbonyl (C=O) groups excluding carboxylic acids is 1. The number of amides is 1. The Hall–Kier alpha value is -3.41. The summed E-state index contributed by atoms with van der Waals surface area (Å²) in [5.74, 6) is 1.05. The van der Waals surface area contributed by atoms with Crippen LogP contribution < -0.4 is 5.32 Å². The van der Waals surface area contributed by atoms with E-state index in [1.54, 1.807) is 6.20 Å². The molecule has 26 heavy (non-hydrogen) atoms. The Labute approximate surface area is 150 Å². The molecular weight excluding hydrogens is 328 g/mol. The Kier molecular flexibility index (Phi) is 4.01. The molecular formula is C20H18N4O2. The van der Waals surface area contributed by atoms with Crippen LogP contribution in [0.25, 0.3) is 22.4 Å². The molecule has 0 bridgehead atoms. The first kappa shape index (κ1) is 16.1. The largest absolute Gasteiger partial charge is 0.441 e. The molecule has 2 aromatic heterocycles. The number of anilines is 1. The van der Waals surface area contributed by atoms with Crippen molar-refractivity contribution in [3.8, 4) is 11.5 Å². The van der Waals surface area contributed by atoms with Gasteiger partial charge in [-0.1, -0.05) is 18.2 Å². The lowest BCUT2D eigenvalue weighted by Crippen LogP contribution is -2.15. The highest BCUT2D eigenvalue weighted by molar-refractivity contribution is 5.95. The second-order valence-corrected chi connectivity index (χ2v) is 6.24. The van der Waals surface area contributed by atoms with Crippen LogP contribution in [0.4, 0.5) is 5.69 Å². The highest BCUT2D eigenvalue weighted by atomic mass is 16.4. The Bertz CT molecular complexity index is 1080. The fourth-order valence-corrected chi connectivity index (χ4v) is 2.88. The smallest absolute Gasteiger partial charge is 0.230 e. The summed E-state index contributed by atoms with van der Waals surface area (Å²) in [4.78, 5) is 17.0. The van der Waals surface area contributed by atoms with Gasteiger partial charge in [-0.25, -0.2) is 4.98 Å². The Balaban J connectivity index is 1.53. The number of aromatic nitrogens is 3. The summed E-state index contributed by atoms with van der Waals surface area (Å²) in [5, 5.41) is 10.8. The van der Waals surface area contributed by atoms with Crippen LogP contribution in [0.5, 0.6) is 0 Å². The van der Waals surface area contributed by atoms with Crippen LogP contribution in [0.15, 0.2) is 53.1 Å². The van der Waals surface area contributed by atoms with E-state index >= 15 is 0 Å². The maximum atomic E-state index is 12.5. The third-order valence-electron chi connectivity index (χ3n) is 4.30. The molecule has 0 aliphatic rings. The highest BCUT2D eigenvalue weighted by Gasteiger charge is 2.15. The average molecular weight is 346 g/mol. The van der Waals surface area contributed by atoms with Crippen LogP contribution in [-0.4, -0.2) is 21.1 Å². The van der Waals surface area contributed by atoms with Crippen molar-refractivity contribution < 1.29 is 9.21 Å². The predicted octanol–water partition coefficient (Wildman–Crippen LogP) is 4.02. The van der Waals surface area contributed by atoms with Gasteiger partial charge >= 0.3 is 0 Å². The Morgan fingerprint density at radius 1 is 1.19 bits per heavy atom. The van der Waals surface area contributed by atoms with Gasteiger partial charge in [0.2, 0.25) is 11.8 Å². The van der Waals surface area contributed by atoms with E-state index in [1.165, 1.54) is 0 Å². The van der Waals surface area contributed by atoms with Crippen molar-refractivity contribution in [2.75, 3.05) is 5.32 Å². The molecule has 4 aromatic rings. The molecule has 0 radical (unpaired) electrons. The van der Waals surface area contributed by atoms with Gasteiger partial charge in [-0.2, -0.15) is 5.10 Å². The van der Waals surface area contributed by atoms with Gasteiger partial charge in [0, 0.05) is 16.6 Å². The zero-order chi connectivity index (χ0) is 18.1. The summed E-state index contributed by atoms with van der Waals surface area (Å²) in [6.07, 6.45) is 1.89. The molecule has 1 amide bonds. The number of H-pyrrole nitrogens is 1. The summed E-state index contributed by atoms with van der Waals surface area (Å²) >= 11 is 0. The standard InChI is InChI=1S/C20H18N4O2/c1-12-8-18-15(11-21-24-18)9-16(12)22-19(25)10-17-13(2)26-20(23-17)14-6-4-3-5-7-14/h3-9,11H,10H2,1-2H3,(H,21,24)(H,22,25). The summed E-state index contributed by atoms with van der Waals surface area (Å²) in [6, 6.07) is 13.5. The Morgan fingerprint density at radius 3 is 2.81 bits per heavy atom. The topological polar surface area (TPSA) is 83.8 Å². The fourth-order valence-electron chi connectivity index (χ4n) is 2.88. The van der Waals surface area contributed by atoms with E-state index in [1.807, 2.05) is 56.3 Å². The zero-order valence-corrected chi connectivity index (χ0v) is 14.5. The van der Waals surface area contributed by atoms with Gasteiger partial charge in [0.15, 0.2) is 0 Å². The first-order valence-electron chi connectivity index (χ1n) is 8.35. The van der Waals surface area contributed by atoms with E-state index in [9.17, 15) is 4.79 Å². The van der Waals surface area contributed by atoms with Gasteiger partial charge in [0.05, 0.1) is 23.8 Å². The minimum absolute atomic E-state index is 0.132. The summed E-state index contributed by atoms with van der Waals surface area (Å²) in [6.45, 7) is 3.77. The van der Waals surface area contributed by atoms with Crippen LogP contribution >= 0.6 is 0 Å². The maximum absolute atomic E-state index is 12.5. The minimum Gasteiger partial charge on any atom is -0.441 e. The van der Waals surface area contributed by atoms with Gasteiger partial charge in [-0.3, -0.25) is 9.89 Å². The number of rotatable bonds is 4. The van der Waals surface area contributed by atoms with Crippen LogP contribution in [0, 0.1) is 13.8 Å². The molecule has 0 aliphatic carbocycles. The SMILES string of the molecule is Cc1cc2[nH]ncc2cc1NC(=O)Cc1nc(-c2ccccc2)oc1C. The number of nitrogens with one attached hydrogen (secondary N) is 2. The first-order chi connectivity index (χ1) is 12.6. The van der Waals surface area contributed by atoms with Crippen LogP contribution in [-0.2, 0) is 11.2 Å². The van der Waals surface area contributed by atoms with Crippen LogP contribution in [0.2, 0.25) is 0 Å². The number of fused-ring (bicyclic) bond motifs is 1. The Morgan fingerprint density at radius 2 is 2.00 bits per heavy atom. The molecule has 2 N–H and O–H groups in total. The molecule has 6 nitrogen and oxygen atoms in total. The van der Waals surface area contributed by atoms with E-state index in [0.717, 1.165) is 27.7 Å². The van der Waals surface area contributed by atoms with E-state index in [0.29, 0.717) is 17.3 Å². The first-order valence-corrected chi connectivity index (χ1v) is 8.35. The lowest BCUT2D eigenvalue weighted by molar-refractivity contribution is -0.115. The van der Waals surface area contributed by atoms with Crippen LogP contribution in [0.3, 0.4) is 0 Å². The summed E-state index contributed by atoms with van der Waals surface area (Å²) in [5.41, 5.74) is 4.22. The number of hydrogen-bond acceptors (Lipinski definition) is 4. The molecule has 0 saturated carbocycles. The predicted molar refractivity (Wildman–Crippen MR) is 99.8 cm³/mol. The average Bonchev–Trinajstić information content (AvgIpc) is 3.22. The summed E-state index contributed by atoms with van der Waals surface area (Å²) in [7, 11) is 0. The normalized spacial score (nSPS) is 11.0. The molecule has 0 aliphatic heterocycles. The maximum Gasteiger partial charge on any atom is 0.230 e. The lowest BCUT2D eigenvalue weighted by Gasteiger charge is -2.08. The third-order valence-corrected chi connectivity index (χ3v) is 4.30. The minimum atomic E-state index is -0.132. The highest BCUT2D eigenvalue weighted by Crippen LogP contribution is 2.24. The second-order valence-electron chi connectivity index (χ2n) is 6.24. The second kappa shape index (κ2) is 6.48. The van der Waals surface area contributed by atoms with Gasteiger partial charge in [-0.05, 0) is 43.7 Å². The molecule has 0 unspecified atom stereocenters. The molecule has 4 rings (SSSR count). The number of benzene rings is 2. The molecule has 0 spiro atoms. The number of aromatic amines is 1. The number of carbonyl (C=O) groups is 1. The van der Waals surface area contributed by atoms with Crippen molar-refractivity contribution in [3.63, 3.8) is 0 Å². The van der Waals surface area contributed by atoms with E-state index in [2.05, 4.69) is 20.5 Å². The van der Waals surface area contributed by atoms with Crippen molar-refractivity contribution in [3.05, 3.63) is 65.7 Å². The van der Waals surface area contributed by atoms with E-state index in [-0.39, 0.29) is 12.3 Å². The van der Waals surface area contributed by atoms with Crippen molar-refractivity contribution in [1.29, 1.82) is 0 Å². The molecule has 2 heterocycles. The van der Waals surface area contributed by atoms with Crippen molar-refractivity contribution >= 4 is 22.5 Å². The van der Waals surface area contributed by atoms with E-state index in [4.69, 9.17) is 4.42 Å². The van der Waals surface area contributed by atoms with Crippen LogP contribution in [0.1, 0.15) is 17.0 Å².